The van der Waals surface area contributed by atoms with E-state index in [-0.39, 0.29) is 0 Å². The molecule has 0 unspecified atom stereocenters. The van der Waals surface area contributed by atoms with Gasteiger partial charge in [-0.2, -0.15) is 0 Å². The highest BCUT2D eigenvalue weighted by Gasteiger charge is 2.31. The van der Waals surface area contributed by atoms with E-state index in [4.69, 9.17) is 5.11 Å². The molecule has 0 aliphatic rings. The first kappa shape index (κ1) is 14.9. The van der Waals surface area contributed by atoms with Crippen LogP contribution in [0.5, 0.6) is 0 Å². The molecule has 3 N–H and O–H groups in total. The van der Waals surface area contributed by atoms with E-state index in [2.05, 4.69) is 5.32 Å². The van der Waals surface area contributed by atoms with E-state index < -0.39 is 29.4 Å². The SMILES string of the molecule is CCC[C@H](NC(=O)[C@@H](O)C(C)(C)C)C(=O)O. The number of amides is 1. The topological polar surface area (TPSA) is 86.6 Å². The summed E-state index contributed by atoms with van der Waals surface area (Å²) in [6.07, 6.45) is -0.188. The first-order valence-corrected chi connectivity index (χ1v) is 5.41. The Bertz CT molecular complexity index is 257. The zero-order valence-corrected chi connectivity index (χ0v) is 10.3. The molecule has 0 radical (unpaired) electrons. The van der Waals surface area contributed by atoms with Crippen LogP contribution in [0.1, 0.15) is 40.5 Å². The fraction of sp³-hybridized carbons (Fsp3) is 0.818. The fourth-order valence-corrected chi connectivity index (χ4v) is 1.19. The Balaban J connectivity index is 4.46. The number of carbonyl (C=O) groups excluding carboxylic acids is 1. The van der Waals surface area contributed by atoms with Gasteiger partial charge in [0.25, 0.3) is 0 Å². The highest BCUT2D eigenvalue weighted by molar-refractivity contribution is 5.86. The minimum absolute atomic E-state index is 0.359. The van der Waals surface area contributed by atoms with Crippen LogP contribution in [0, 0.1) is 5.41 Å². The molecule has 5 nitrogen and oxygen atoms in total. The van der Waals surface area contributed by atoms with E-state index in [0.717, 1.165) is 0 Å². The number of aliphatic hydroxyl groups is 1. The number of carbonyl (C=O) groups is 2. The molecular formula is C11H21NO4. The van der Waals surface area contributed by atoms with Gasteiger partial charge in [-0.25, -0.2) is 4.79 Å². The first-order valence-electron chi connectivity index (χ1n) is 5.41. The van der Waals surface area contributed by atoms with Crippen LogP contribution in [-0.4, -0.2) is 34.2 Å². The number of aliphatic carboxylic acids is 1. The van der Waals surface area contributed by atoms with Crippen molar-refractivity contribution < 1.29 is 19.8 Å². The fourth-order valence-electron chi connectivity index (χ4n) is 1.19. The molecule has 0 aliphatic carbocycles. The van der Waals surface area contributed by atoms with E-state index >= 15 is 0 Å². The molecule has 0 bridgehead atoms. The first-order chi connectivity index (χ1) is 7.20. The summed E-state index contributed by atoms with van der Waals surface area (Å²) < 4.78 is 0. The second kappa shape index (κ2) is 5.84. The Morgan fingerprint density at radius 2 is 1.81 bits per heavy atom. The van der Waals surface area contributed by atoms with Crippen molar-refractivity contribution in [3.05, 3.63) is 0 Å². The van der Waals surface area contributed by atoms with Gasteiger partial charge in [0.1, 0.15) is 12.1 Å². The molecule has 0 saturated heterocycles. The molecule has 0 aromatic heterocycles. The molecule has 94 valence electrons. The molecule has 0 saturated carbocycles. The van der Waals surface area contributed by atoms with Crippen LogP contribution in [-0.2, 0) is 9.59 Å². The molecule has 16 heavy (non-hydrogen) atoms. The lowest BCUT2D eigenvalue weighted by molar-refractivity contribution is -0.145. The van der Waals surface area contributed by atoms with E-state index in [1.165, 1.54) is 0 Å². The molecule has 0 aromatic rings. The maximum absolute atomic E-state index is 11.6. The average molecular weight is 231 g/mol. The molecule has 0 rings (SSSR count). The van der Waals surface area contributed by atoms with Gasteiger partial charge in [0.05, 0.1) is 0 Å². The zero-order valence-electron chi connectivity index (χ0n) is 10.3. The Morgan fingerprint density at radius 3 is 2.12 bits per heavy atom. The van der Waals surface area contributed by atoms with Crippen molar-refractivity contribution in [2.24, 2.45) is 5.41 Å². The van der Waals surface area contributed by atoms with Crippen molar-refractivity contribution in [3.63, 3.8) is 0 Å². The highest BCUT2D eigenvalue weighted by Crippen LogP contribution is 2.19. The Kier molecular flexibility index (Phi) is 5.44. The molecular weight excluding hydrogens is 210 g/mol. The molecule has 1 amide bonds. The number of aliphatic hydroxyl groups excluding tert-OH is 1. The lowest BCUT2D eigenvalue weighted by Crippen LogP contribution is -2.49. The van der Waals surface area contributed by atoms with Gasteiger partial charge in [-0.15, -0.1) is 0 Å². The van der Waals surface area contributed by atoms with Crippen LogP contribution in [0.3, 0.4) is 0 Å². The van der Waals surface area contributed by atoms with Crippen molar-refractivity contribution >= 4 is 11.9 Å². The van der Waals surface area contributed by atoms with E-state index in [0.29, 0.717) is 12.8 Å². The quantitative estimate of drug-likeness (QED) is 0.652. The minimum Gasteiger partial charge on any atom is -0.480 e. The summed E-state index contributed by atoms with van der Waals surface area (Å²) in [6, 6.07) is -0.922. The van der Waals surface area contributed by atoms with Crippen LogP contribution >= 0.6 is 0 Å². The van der Waals surface area contributed by atoms with Crippen LogP contribution in [0.25, 0.3) is 0 Å². The lowest BCUT2D eigenvalue weighted by Gasteiger charge is -2.26. The monoisotopic (exact) mass is 231 g/mol. The van der Waals surface area contributed by atoms with E-state index in [1.54, 1.807) is 20.8 Å². The summed E-state index contributed by atoms with van der Waals surface area (Å²) in [4.78, 5) is 22.4. The third kappa shape index (κ3) is 4.61. The van der Waals surface area contributed by atoms with Crippen molar-refractivity contribution in [3.8, 4) is 0 Å². The molecule has 0 heterocycles. The van der Waals surface area contributed by atoms with Gasteiger partial charge in [0.2, 0.25) is 5.91 Å². The van der Waals surface area contributed by atoms with Gasteiger partial charge in [0.15, 0.2) is 0 Å². The number of rotatable bonds is 5. The summed E-state index contributed by atoms with van der Waals surface area (Å²) in [5.74, 6) is -1.70. The van der Waals surface area contributed by atoms with Gasteiger partial charge in [-0.1, -0.05) is 34.1 Å². The molecule has 0 aliphatic heterocycles. The summed E-state index contributed by atoms with van der Waals surface area (Å²) in [7, 11) is 0. The smallest absolute Gasteiger partial charge is 0.326 e. The predicted molar refractivity (Wildman–Crippen MR) is 59.9 cm³/mol. The molecule has 0 spiro atoms. The largest absolute Gasteiger partial charge is 0.480 e. The molecule has 0 fully saturated rings. The third-order valence-electron chi connectivity index (χ3n) is 2.26. The Hall–Kier alpha value is -1.10. The molecule has 0 aromatic carbocycles. The van der Waals surface area contributed by atoms with Crippen molar-refractivity contribution in [2.45, 2.75) is 52.7 Å². The summed E-state index contributed by atoms with van der Waals surface area (Å²) in [5, 5.41) is 20.8. The minimum atomic E-state index is -1.20. The normalized spacial score (nSPS) is 15.3. The van der Waals surface area contributed by atoms with Gasteiger partial charge >= 0.3 is 5.97 Å². The summed E-state index contributed by atoms with van der Waals surface area (Å²) in [5.41, 5.74) is -0.598. The number of hydrogen-bond donors (Lipinski definition) is 3. The maximum Gasteiger partial charge on any atom is 0.326 e. The number of carboxylic acids is 1. The van der Waals surface area contributed by atoms with Crippen LogP contribution in [0.4, 0.5) is 0 Å². The van der Waals surface area contributed by atoms with Crippen LogP contribution in [0.2, 0.25) is 0 Å². The van der Waals surface area contributed by atoms with Gasteiger partial charge in [-0.05, 0) is 11.8 Å². The van der Waals surface area contributed by atoms with Crippen LogP contribution in [0.15, 0.2) is 0 Å². The van der Waals surface area contributed by atoms with E-state index in [1.807, 2.05) is 6.92 Å². The maximum atomic E-state index is 11.6. The standard InChI is InChI=1S/C11H21NO4/c1-5-6-7(10(15)16)12-9(14)8(13)11(2,3)4/h7-8,13H,5-6H2,1-4H3,(H,12,14)(H,15,16)/t7-,8+/m0/s1. The second-order valence-corrected chi connectivity index (χ2v) is 4.96. The zero-order chi connectivity index (χ0) is 12.9. The van der Waals surface area contributed by atoms with E-state index in [9.17, 15) is 14.7 Å². The second-order valence-electron chi connectivity index (χ2n) is 4.96. The third-order valence-corrected chi connectivity index (χ3v) is 2.26. The average Bonchev–Trinajstić information content (AvgIpc) is 2.14. The van der Waals surface area contributed by atoms with Gasteiger partial charge < -0.3 is 15.5 Å². The van der Waals surface area contributed by atoms with Gasteiger partial charge in [0, 0.05) is 0 Å². The lowest BCUT2D eigenvalue weighted by atomic mass is 9.88. The molecule has 2 atom stereocenters. The Morgan fingerprint density at radius 1 is 1.31 bits per heavy atom. The highest BCUT2D eigenvalue weighted by atomic mass is 16.4. The predicted octanol–water partition coefficient (Wildman–Crippen LogP) is 0.763. The Labute approximate surface area is 95.9 Å². The number of carboxylic acid groups (broad SMARTS) is 1. The van der Waals surface area contributed by atoms with Crippen molar-refractivity contribution in [2.75, 3.05) is 0 Å². The number of nitrogens with one attached hydrogen (secondary N) is 1. The summed E-state index contributed by atoms with van der Waals surface area (Å²) in [6.45, 7) is 6.98. The molecule has 5 heteroatoms. The van der Waals surface area contributed by atoms with Gasteiger partial charge in [-0.3, -0.25) is 4.79 Å². The van der Waals surface area contributed by atoms with Crippen molar-refractivity contribution in [1.29, 1.82) is 0 Å². The summed E-state index contributed by atoms with van der Waals surface area (Å²) >= 11 is 0. The number of hydrogen-bond acceptors (Lipinski definition) is 3. The van der Waals surface area contributed by atoms with Crippen molar-refractivity contribution in [1.82, 2.24) is 5.32 Å². The van der Waals surface area contributed by atoms with Crippen LogP contribution < -0.4 is 5.32 Å².